The van der Waals surface area contributed by atoms with Crippen molar-refractivity contribution in [2.75, 3.05) is 19.8 Å². The molecule has 0 spiro atoms. The highest BCUT2D eigenvalue weighted by atomic mass is 16.6. The molecule has 0 unspecified atom stereocenters. The monoisotopic (exact) mass is 227 g/mol. The van der Waals surface area contributed by atoms with E-state index in [0.29, 0.717) is 13.0 Å². The van der Waals surface area contributed by atoms with Crippen molar-refractivity contribution in [1.29, 1.82) is 0 Å². The highest BCUT2D eigenvalue weighted by Crippen LogP contribution is 1.94. The summed E-state index contributed by atoms with van der Waals surface area (Å²) < 4.78 is 9.46. The molecule has 0 aromatic heterocycles. The Morgan fingerprint density at radius 2 is 2.00 bits per heavy atom. The van der Waals surface area contributed by atoms with Gasteiger partial charge in [0.05, 0.1) is 13.2 Å². The molecular formula is C11H17NO4. The minimum absolute atomic E-state index is 0.0977. The Hall–Kier alpha value is -1.78. The van der Waals surface area contributed by atoms with E-state index >= 15 is 0 Å². The van der Waals surface area contributed by atoms with Crippen LogP contribution < -0.4 is 5.32 Å². The number of alkyl carbamates (subject to hydrolysis) is 1. The standard InChI is InChI=1S/C11H17NO4/c1-4-10(13)15-8-6-12-11(14)16-7-5-9(2)3/h4H,1-2,5-8H2,3H3,(H,12,14). The van der Waals surface area contributed by atoms with Crippen LogP contribution in [0.4, 0.5) is 4.79 Å². The van der Waals surface area contributed by atoms with Crippen LogP contribution in [0.5, 0.6) is 0 Å². The van der Waals surface area contributed by atoms with E-state index in [9.17, 15) is 9.59 Å². The summed E-state index contributed by atoms with van der Waals surface area (Å²) in [7, 11) is 0. The van der Waals surface area contributed by atoms with Crippen LogP contribution in [0.1, 0.15) is 13.3 Å². The Morgan fingerprint density at radius 1 is 1.31 bits per heavy atom. The first kappa shape index (κ1) is 14.2. The second-order valence-corrected chi connectivity index (χ2v) is 3.14. The molecule has 0 atom stereocenters. The zero-order chi connectivity index (χ0) is 12.4. The summed E-state index contributed by atoms with van der Waals surface area (Å²) in [5.74, 6) is -0.516. The molecule has 1 N–H and O–H groups in total. The zero-order valence-electron chi connectivity index (χ0n) is 9.45. The maximum Gasteiger partial charge on any atom is 0.407 e. The van der Waals surface area contributed by atoms with Crippen LogP contribution in [-0.4, -0.2) is 31.8 Å². The molecule has 0 aromatic rings. The van der Waals surface area contributed by atoms with Gasteiger partial charge in [-0.15, -0.1) is 6.58 Å². The van der Waals surface area contributed by atoms with Gasteiger partial charge in [-0.3, -0.25) is 0 Å². The summed E-state index contributed by atoms with van der Waals surface area (Å²) in [5, 5.41) is 2.43. The van der Waals surface area contributed by atoms with E-state index in [0.717, 1.165) is 11.6 Å². The maximum atomic E-state index is 11.0. The SMILES string of the molecule is C=CC(=O)OCCNC(=O)OCCC(=C)C. The van der Waals surface area contributed by atoms with Crippen molar-refractivity contribution in [1.82, 2.24) is 5.32 Å². The first-order valence-corrected chi connectivity index (χ1v) is 4.90. The molecule has 0 heterocycles. The molecule has 16 heavy (non-hydrogen) atoms. The summed E-state index contributed by atoms with van der Waals surface area (Å²) in [4.78, 5) is 21.6. The van der Waals surface area contributed by atoms with Gasteiger partial charge in [0.1, 0.15) is 6.61 Å². The van der Waals surface area contributed by atoms with Gasteiger partial charge in [-0.05, 0) is 6.92 Å². The van der Waals surface area contributed by atoms with Gasteiger partial charge in [-0.2, -0.15) is 0 Å². The summed E-state index contributed by atoms with van der Waals surface area (Å²) in [6.45, 7) is 9.38. The third-order valence-electron chi connectivity index (χ3n) is 1.54. The lowest BCUT2D eigenvalue weighted by Crippen LogP contribution is -2.28. The van der Waals surface area contributed by atoms with Crippen molar-refractivity contribution in [2.45, 2.75) is 13.3 Å². The molecule has 0 fully saturated rings. The third-order valence-corrected chi connectivity index (χ3v) is 1.54. The molecule has 0 saturated heterocycles. The molecule has 90 valence electrons. The molecule has 5 heteroatoms. The van der Waals surface area contributed by atoms with Gasteiger partial charge in [0.15, 0.2) is 0 Å². The highest BCUT2D eigenvalue weighted by molar-refractivity contribution is 5.81. The topological polar surface area (TPSA) is 64.6 Å². The van der Waals surface area contributed by atoms with E-state index in [2.05, 4.69) is 23.2 Å². The summed E-state index contributed by atoms with van der Waals surface area (Å²) in [5.41, 5.74) is 0.952. The van der Waals surface area contributed by atoms with Crippen LogP contribution in [0, 0.1) is 0 Å². The average Bonchev–Trinajstić information content (AvgIpc) is 2.23. The molecule has 0 saturated carbocycles. The van der Waals surface area contributed by atoms with Crippen molar-refractivity contribution in [2.24, 2.45) is 0 Å². The molecule has 0 rings (SSSR count). The Bertz CT molecular complexity index is 273. The van der Waals surface area contributed by atoms with Gasteiger partial charge in [-0.1, -0.05) is 12.2 Å². The Kier molecular flexibility index (Phi) is 7.57. The van der Waals surface area contributed by atoms with E-state index in [-0.39, 0.29) is 13.2 Å². The van der Waals surface area contributed by atoms with Crippen LogP contribution >= 0.6 is 0 Å². The Morgan fingerprint density at radius 3 is 2.56 bits per heavy atom. The number of carbonyl (C=O) groups excluding carboxylic acids is 2. The van der Waals surface area contributed by atoms with E-state index in [1.165, 1.54) is 0 Å². The number of hydrogen-bond donors (Lipinski definition) is 1. The fourth-order valence-corrected chi connectivity index (χ4v) is 0.733. The van der Waals surface area contributed by atoms with Gasteiger partial charge >= 0.3 is 12.1 Å². The van der Waals surface area contributed by atoms with E-state index in [1.807, 2.05) is 6.92 Å². The number of rotatable bonds is 7. The number of carbonyl (C=O) groups is 2. The average molecular weight is 227 g/mol. The predicted molar refractivity (Wildman–Crippen MR) is 59.9 cm³/mol. The summed E-state index contributed by atoms with van der Waals surface area (Å²) >= 11 is 0. The third kappa shape index (κ3) is 8.80. The van der Waals surface area contributed by atoms with E-state index in [4.69, 9.17) is 4.74 Å². The van der Waals surface area contributed by atoms with Crippen LogP contribution in [0.2, 0.25) is 0 Å². The summed E-state index contributed by atoms with van der Waals surface area (Å²) in [6, 6.07) is 0. The first-order valence-electron chi connectivity index (χ1n) is 4.90. The fourth-order valence-electron chi connectivity index (χ4n) is 0.733. The fraction of sp³-hybridized carbons (Fsp3) is 0.455. The minimum atomic E-state index is -0.532. The minimum Gasteiger partial charge on any atom is -0.461 e. The molecule has 0 bridgehead atoms. The molecule has 0 aliphatic carbocycles. The second-order valence-electron chi connectivity index (χ2n) is 3.14. The zero-order valence-corrected chi connectivity index (χ0v) is 9.45. The molecule has 0 radical (unpaired) electrons. The smallest absolute Gasteiger partial charge is 0.407 e. The van der Waals surface area contributed by atoms with Crippen molar-refractivity contribution < 1.29 is 19.1 Å². The number of hydrogen-bond acceptors (Lipinski definition) is 4. The van der Waals surface area contributed by atoms with Crippen LogP contribution in [0.3, 0.4) is 0 Å². The lowest BCUT2D eigenvalue weighted by Gasteiger charge is -2.06. The van der Waals surface area contributed by atoms with Gasteiger partial charge in [0.2, 0.25) is 0 Å². The number of amides is 1. The van der Waals surface area contributed by atoms with Gasteiger partial charge < -0.3 is 14.8 Å². The highest BCUT2D eigenvalue weighted by Gasteiger charge is 2.01. The van der Waals surface area contributed by atoms with Gasteiger partial charge in [0.25, 0.3) is 0 Å². The summed E-state index contributed by atoms with van der Waals surface area (Å²) in [6.07, 6.45) is 1.17. The number of ether oxygens (including phenoxy) is 2. The van der Waals surface area contributed by atoms with E-state index in [1.54, 1.807) is 0 Å². The molecule has 0 aromatic carbocycles. The van der Waals surface area contributed by atoms with Crippen molar-refractivity contribution >= 4 is 12.1 Å². The largest absolute Gasteiger partial charge is 0.461 e. The van der Waals surface area contributed by atoms with Crippen molar-refractivity contribution in [3.63, 3.8) is 0 Å². The van der Waals surface area contributed by atoms with Crippen molar-refractivity contribution in [3.05, 3.63) is 24.8 Å². The van der Waals surface area contributed by atoms with Gasteiger partial charge in [0, 0.05) is 12.5 Å². The lowest BCUT2D eigenvalue weighted by molar-refractivity contribution is -0.137. The van der Waals surface area contributed by atoms with Crippen molar-refractivity contribution in [3.8, 4) is 0 Å². The first-order chi connectivity index (χ1) is 7.56. The molecule has 0 aliphatic rings. The molecule has 1 amide bonds. The Labute approximate surface area is 95.1 Å². The van der Waals surface area contributed by atoms with E-state index < -0.39 is 12.1 Å². The quantitative estimate of drug-likeness (QED) is 0.309. The second kappa shape index (κ2) is 8.52. The number of nitrogens with one attached hydrogen (secondary N) is 1. The lowest BCUT2D eigenvalue weighted by atomic mass is 10.3. The predicted octanol–water partition coefficient (Wildman–Crippen LogP) is 1.41. The molecular weight excluding hydrogens is 210 g/mol. The van der Waals surface area contributed by atoms with Crippen LogP contribution in [0.15, 0.2) is 24.8 Å². The molecule has 0 aliphatic heterocycles. The number of esters is 1. The normalized spacial score (nSPS) is 9.06. The van der Waals surface area contributed by atoms with Crippen LogP contribution in [0.25, 0.3) is 0 Å². The van der Waals surface area contributed by atoms with Gasteiger partial charge in [-0.25, -0.2) is 9.59 Å². The Balaban J connectivity index is 3.40. The molecule has 5 nitrogen and oxygen atoms in total. The van der Waals surface area contributed by atoms with Crippen LogP contribution in [-0.2, 0) is 14.3 Å². The maximum absolute atomic E-state index is 11.0.